The molecule has 94 valence electrons. The topological polar surface area (TPSA) is 29.3 Å². The summed E-state index contributed by atoms with van der Waals surface area (Å²) >= 11 is 0. The van der Waals surface area contributed by atoms with Crippen LogP contribution in [0.3, 0.4) is 0 Å². The van der Waals surface area contributed by atoms with Crippen LogP contribution in [0.5, 0.6) is 0 Å². The molecule has 2 N–H and O–H groups in total. The molecule has 0 amide bonds. The van der Waals surface area contributed by atoms with E-state index in [4.69, 9.17) is 5.73 Å². The Kier molecular flexibility index (Phi) is 3.72. The van der Waals surface area contributed by atoms with Gasteiger partial charge in [0.2, 0.25) is 0 Å². The van der Waals surface area contributed by atoms with Gasteiger partial charge in [-0.15, -0.1) is 0 Å². The minimum Gasteiger partial charge on any atom is -0.373 e. The van der Waals surface area contributed by atoms with Crippen LogP contribution in [0.1, 0.15) is 37.7 Å². The second-order valence-corrected chi connectivity index (χ2v) is 5.62. The van der Waals surface area contributed by atoms with E-state index in [9.17, 15) is 0 Å². The molecule has 0 radical (unpaired) electrons. The molecule has 1 aliphatic carbocycles. The van der Waals surface area contributed by atoms with E-state index in [0.717, 1.165) is 6.54 Å². The molecule has 0 heterocycles. The Hall–Kier alpha value is -1.02. The van der Waals surface area contributed by atoms with Gasteiger partial charge in [0.05, 0.1) is 0 Å². The molecular formula is C15H24N2. The van der Waals surface area contributed by atoms with Crippen LogP contribution in [0.4, 0.5) is 5.69 Å². The van der Waals surface area contributed by atoms with Gasteiger partial charge in [0.15, 0.2) is 0 Å². The van der Waals surface area contributed by atoms with Crippen molar-refractivity contribution in [3.63, 3.8) is 0 Å². The van der Waals surface area contributed by atoms with Crippen LogP contribution < -0.4 is 10.6 Å². The maximum Gasteiger partial charge on any atom is 0.0366 e. The highest BCUT2D eigenvalue weighted by Gasteiger charge is 2.28. The van der Waals surface area contributed by atoms with Crippen LogP contribution in [0.15, 0.2) is 24.3 Å². The number of aryl methyl sites for hydroxylation is 1. The molecule has 2 nitrogen and oxygen atoms in total. The van der Waals surface area contributed by atoms with Crippen molar-refractivity contribution >= 4 is 5.69 Å². The van der Waals surface area contributed by atoms with E-state index in [-0.39, 0.29) is 5.54 Å². The number of nitrogens with zero attached hydrogens (tertiary/aromatic N) is 1. The molecule has 1 aromatic rings. The summed E-state index contributed by atoms with van der Waals surface area (Å²) < 4.78 is 0. The fraction of sp³-hybridized carbons (Fsp3) is 0.600. The number of hydrogen-bond acceptors (Lipinski definition) is 2. The standard InChI is InChI=1S/C15H24N2/c1-13-7-6-8-14(11-13)17(2)12-15(16)9-4-3-5-10-15/h6-8,11H,3-5,9-10,12,16H2,1-2H3. The zero-order valence-electron chi connectivity index (χ0n) is 11.1. The molecule has 0 aromatic heterocycles. The first kappa shape index (κ1) is 12.4. The summed E-state index contributed by atoms with van der Waals surface area (Å²) in [4.78, 5) is 2.30. The summed E-state index contributed by atoms with van der Waals surface area (Å²) in [6, 6.07) is 8.65. The zero-order chi connectivity index (χ0) is 12.3. The molecule has 0 atom stereocenters. The third kappa shape index (κ3) is 3.22. The molecule has 0 bridgehead atoms. The predicted octanol–water partition coefficient (Wildman–Crippen LogP) is 3.09. The van der Waals surface area contributed by atoms with Crippen LogP contribution >= 0.6 is 0 Å². The largest absolute Gasteiger partial charge is 0.373 e. The molecule has 17 heavy (non-hydrogen) atoms. The lowest BCUT2D eigenvalue weighted by atomic mass is 9.82. The van der Waals surface area contributed by atoms with Gasteiger partial charge in [-0.3, -0.25) is 0 Å². The molecule has 0 saturated heterocycles. The van der Waals surface area contributed by atoms with Gasteiger partial charge in [-0.05, 0) is 37.5 Å². The SMILES string of the molecule is Cc1cccc(N(C)CC2(N)CCCCC2)c1. The Morgan fingerprint density at radius 3 is 2.59 bits per heavy atom. The highest BCUT2D eigenvalue weighted by atomic mass is 15.1. The predicted molar refractivity (Wildman–Crippen MR) is 74.5 cm³/mol. The van der Waals surface area contributed by atoms with Gasteiger partial charge in [0.1, 0.15) is 0 Å². The second-order valence-electron chi connectivity index (χ2n) is 5.62. The lowest BCUT2D eigenvalue weighted by Crippen LogP contribution is -2.50. The minimum atomic E-state index is 0.0245. The average Bonchev–Trinajstić information content (AvgIpc) is 2.29. The molecular weight excluding hydrogens is 208 g/mol. The molecule has 1 saturated carbocycles. The van der Waals surface area contributed by atoms with Gasteiger partial charge in [-0.25, -0.2) is 0 Å². The first-order chi connectivity index (χ1) is 8.09. The van der Waals surface area contributed by atoms with Crippen molar-refractivity contribution in [2.24, 2.45) is 5.73 Å². The summed E-state index contributed by atoms with van der Waals surface area (Å²) in [5.41, 5.74) is 9.11. The van der Waals surface area contributed by atoms with Crippen LogP contribution in [-0.4, -0.2) is 19.1 Å². The highest BCUT2D eigenvalue weighted by Crippen LogP contribution is 2.28. The van der Waals surface area contributed by atoms with E-state index in [2.05, 4.69) is 43.1 Å². The van der Waals surface area contributed by atoms with Crippen molar-refractivity contribution in [1.29, 1.82) is 0 Å². The van der Waals surface area contributed by atoms with Crippen molar-refractivity contribution < 1.29 is 0 Å². The van der Waals surface area contributed by atoms with Gasteiger partial charge in [0.25, 0.3) is 0 Å². The second kappa shape index (κ2) is 5.09. The van der Waals surface area contributed by atoms with Gasteiger partial charge in [0, 0.05) is 24.8 Å². The smallest absolute Gasteiger partial charge is 0.0366 e. The lowest BCUT2D eigenvalue weighted by Gasteiger charge is -2.37. The summed E-state index contributed by atoms with van der Waals surface area (Å²) in [7, 11) is 2.15. The van der Waals surface area contributed by atoms with E-state index in [1.54, 1.807) is 0 Å². The summed E-state index contributed by atoms with van der Waals surface area (Å²) in [5, 5.41) is 0. The Morgan fingerprint density at radius 1 is 1.24 bits per heavy atom. The van der Waals surface area contributed by atoms with Crippen LogP contribution in [0.2, 0.25) is 0 Å². The zero-order valence-corrected chi connectivity index (χ0v) is 11.1. The maximum absolute atomic E-state index is 6.49. The minimum absolute atomic E-state index is 0.0245. The van der Waals surface area contributed by atoms with Crippen LogP contribution in [-0.2, 0) is 0 Å². The van der Waals surface area contributed by atoms with Crippen LogP contribution in [0, 0.1) is 6.92 Å². The van der Waals surface area contributed by atoms with Gasteiger partial charge >= 0.3 is 0 Å². The summed E-state index contributed by atoms with van der Waals surface area (Å²) in [6.07, 6.45) is 6.27. The quantitative estimate of drug-likeness (QED) is 0.867. The van der Waals surface area contributed by atoms with Gasteiger partial charge < -0.3 is 10.6 Å². The van der Waals surface area contributed by atoms with Crippen molar-refractivity contribution in [3.8, 4) is 0 Å². The maximum atomic E-state index is 6.49. The first-order valence-electron chi connectivity index (χ1n) is 6.66. The number of nitrogens with two attached hydrogens (primary N) is 1. The lowest BCUT2D eigenvalue weighted by molar-refractivity contribution is 0.301. The monoisotopic (exact) mass is 232 g/mol. The Bertz CT molecular complexity index is 367. The fourth-order valence-electron chi connectivity index (χ4n) is 2.84. The van der Waals surface area contributed by atoms with Gasteiger partial charge in [-0.2, -0.15) is 0 Å². The Labute approximate surface area is 105 Å². The van der Waals surface area contributed by atoms with Crippen LogP contribution in [0.25, 0.3) is 0 Å². The van der Waals surface area contributed by atoms with E-state index >= 15 is 0 Å². The third-order valence-corrected chi connectivity index (χ3v) is 3.84. The van der Waals surface area contributed by atoms with E-state index in [1.807, 2.05) is 0 Å². The molecule has 2 rings (SSSR count). The number of benzene rings is 1. The van der Waals surface area contributed by atoms with Gasteiger partial charge in [-0.1, -0.05) is 31.4 Å². The Morgan fingerprint density at radius 2 is 1.94 bits per heavy atom. The number of anilines is 1. The van der Waals surface area contributed by atoms with E-state index < -0.39 is 0 Å². The molecule has 1 aliphatic rings. The molecule has 0 spiro atoms. The normalized spacial score (nSPS) is 19.0. The summed E-state index contributed by atoms with van der Waals surface area (Å²) in [5.74, 6) is 0. The van der Waals surface area contributed by atoms with Crippen molar-refractivity contribution in [1.82, 2.24) is 0 Å². The molecule has 0 aliphatic heterocycles. The van der Waals surface area contributed by atoms with E-state index in [0.29, 0.717) is 0 Å². The third-order valence-electron chi connectivity index (χ3n) is 3.84. The van der Waals surface area contributed by atoms with E-state index in [1.165, 1.54) is 43.4 Å². The van der Waals surface area contributed by atoms with Crippen molar-refractivity contribution in [2.45, 2.75) is 44.6 Å². The molecule has 1 aromatic carbocycles. The van der Waals surface area contributed by atoms with Crippen molar-refractivity contribution in [3.05, 3.63) is 29.8 Å². The number of hydrogen-bond donors (Lipinski definition) is 1. The Balaban J connectivity index is 2.03. The first-order valence-corrected chi connectivity index (χ1v) is 6.66. The summed E-state index contributed by atoms with van der Waals surface area (Å²) in [6.45, 7) is 3.10. The van der Waals surface area contributed by atoms with Crippen molar-refractivity contribution in [2.75, 3.05) is 18.5 Å². The molecule has 2 heteroatoms. The highest BCUT2D eigenvalue weighted by molar-refractivity contribution is 5.48. The fourth-order valence-corrected chi connectivity index (χ4v) is 2.84. The average molecular weight is 232 g/mol. The molecule has 0 unspecified atom stereocenters. The number of likely N-dealkylation sites (N-methyl/N-ethyl adjacent to an activating group) is 1. The molecule has 1 fully saturated rings. The number of rotatable bonds is 3.